The van der Waals surface area contributed by atoms with Crippen LogP contribution in [0.4, 0.5) is 0 Å². The van der Waals surface area contributed by atoms with Crippen molar-refractivity contribution in [2.45, 2.75) is 33.1 Å². The van der Waals surface area contributed by atoms with Crippen LogP contribution in [0.15, 0.2) is 0 Å². The van der Waals surface area contributed by atoms with Gasteiger partial charge in [0.2, 0.25) is 11.8 Å². The molecule has 0 aromatic carbocycles. The minimum absolute atomic E-state index is 0.0391. The van der Waals surface area contributed by atoms with Crippen LogP contribution in [0.1, 0.15) is 33.1 Å². The van der Waals surface area contributed by atoms with Crippen LogP contribution in [-0.4, -0.2) is 58.9 Å². The first-order valence-corrected chi connectivity index (χ1v) is 7.67. The van der Waals surface area contributed by atoms with Gasteiger partial charge in [-0.05, 0) is 12.8 Å². The van der Waals surface area contributed by atoms with Crippen molar-refractivity contribution >= 4 is 17.8 Å². The van der Waals surface area contributed by atoms with Crippen molar-refractivity contribution in [3.8, 4) is 0 Å². The Balaban J connectivity index is 1.83. The molecule has 0 saturated carbocycles. The van der Waals surface area contributed by atoms with Crippen LogP contribution < -0.4 is 0 Å². The lowest BCUT2D eigenvalue weighted by atomic mass is 9.90. The number of hydrogen-bond acceptors (Lipinski definition) is 3. The van der Waals surface area contributed by atoms with Crippen molar-refractivity contribution in [2.75, 3.05) is 26.2 Å². The third kappa shape index (κ3) is 3.74. The molecule has 2 amide bonds. The van der Waals surface area contributed by atoms with Gasteiger partial charge < -0.3 is 14.9 Å². The lowest BCUT2D eigenvalue weighted by Crippen LogP contribution is -2.55. The Hall–Kier alpha value is -1.59. The first-order valence-electron chi connectivity index (χ1n) is 7.67. The second-order valence-electron chi connectivity index (χ2n) is 6.49. The summed E-state index contributed by atoms with van der Waals surface area (Å²) >= 11 is 0. The maximum absolute atomic E-state index is 12.4. The summed E-state index contributed by atoms with van der Waals surface area (Å²) in [4.78, 5) is 38.6. The predicted octanol–water partition coefficient (Wildman–Crippen LogP) is 0.814. The number of piperidine rings is 1. The monoisotopic (exact) mass is 296 g/mol. The molecule has 0 spiro atoms. The SMILES string of the molecule is CC(C)C(=O)N1CCCC(C(=O)N2CC(CC(=O)O)C2)C1. The molecule has 2 aliphatic heterocycles. The number of hydrogen-bond donors (Lipinski definition) is 1. The molecule has 6 nitrogen and oxygen atoms in total. The van der Waals surface area contributed by atoms with Gasteiger partial charge in [0.15, 0.2) is 0 Å². The van der Waals surface area contributed by atoms with E-state index >= 15 is 0 Å². The Labute approximate surface area is 125 Å². The standard InChI is InChI=1S/C15H24N2O4/c1-10(2)14(20)16-5-3-4-12(9-16)15(21)17-7-11(8-17)6-13(18)19/h10-12H,3-9H2,1-2H3,(H,18,19). The predicted molar refractivity (Wildman–Crippen MR) is 76.5 cm³/mol. The van der Waals surface area contributed by atoms with Crippen LogP contribution in [-0.2, 0) is 14.4 Å². The van der Waals surface area contributed by atoms with E-state index in [1.54, 1.807) is 9.80 Å². The highest BCUT2D eigenvalue weighted by Crippen LogP contribution is 2.26. The topological polar surface area (TPSA) is 77.9 Å². The van der Waals surface area contributed by atoms with Gasteiger partial charge in [0.1, 0.15) is 0 Å². The van der Waals surface area contributed by atoms with Crippen LogP contribution in [0.25, 0.3) is 0 Å². The molecule has 2 fully saturated rings. The number of nitrogens with zero attached hydrogens (tertiary/aromatic N) is 2. The van der Waals surface area contributed by atoms with E-state index < -0.39 is 5.97 Å². The average Bonchev–Trinajstić information content (AvgIpc) is 2.40. The van der Waals surface area contributed by atoms with Crippen molar-refractivity contribution in [1.29, 1.82) is 0 Å². The lowest BCUT2D eigenvalue weighted by molar-refractivity contribution is -0.150. The van der Waals surface area contributed by atoms with Gasteiger partial charge in [-0.25, -0.2) is 0 Å². The zero-order valence-corrected chi connectivity index (χ0v) is 12.7. The molecule has 21 heavy (non-hydrogen) atoms. The van der Waals surface area contributed by atoms with E-state index in [9.17, 15) is 14.4 Å². The van der Waals surface area contributed by atoms with Gasteiger partial charge in [-0.1, -0.05) is 13.8 Å². The molecule has 2 aliphatic rings. The number of likely N-dealkylation sites (tertiary alicyclic amines) is 2. The second kappa shape index (κ2) is 6.45. The van der Waals surface area contributed by atoms with E-state index in [1.165, 1.54) is 0 Å². The summed E-state index contributed by atoms with van der Waals surface area (Å²) in [6.45, 7) is 6.08. The van der Waals surface area contributed by atoms with Gasteiger partial charge in [0.05, 0.1) is 12.3 Å². The van der Waals surface area contributed by atoms with Crippen LogP contribution in [0.2, 0.25) is 0 Å². The van der Waals surface area contributed by atoms with Crippen LogP contribution in [0.3, 0.4) is 0 Å². The maximum atomic E-state index is 12.4. The minimum Gasteiger partial charge on any atom is -0.481 e. The molecule has 0 radical (unpaired) electrons. The molecule has 2 rings (SSSR count). The number of carbonyl (C=O) groups excluding carboxylic acids is 2. The van der Waals surface area contributed by atoms with Crippen molar-refractivity contribution in [1.82, 2.24) is 9.80 Å². The van der Waals surface area contributed by atoms with Crippen LogP contribution >= 0.6 is 0 Å². The Kier molecular flexibility index (Phi) is 4.85. The van der Waals surface area contributed by atoms with Crippen LogP contribution in [0.5, 0.6) is 0 Å². The summed E-state index contributed by atoms with van der Waals surface area (Å²) in [6, 6.07) is 0. The Morgan fingerprint density at radius 2 is 1.81 bits per heavy atom. The third-order valence-electron chi connectivity index (χ3n) is 4.31. The molecule has 2 heterocycles. The molecule has 118 valence electrons. The van der Waals surface area contributed by atoms with E-state index in [0.717, 1.165) is 19.4 Å². The summed E-state index contributed by atoms with van der Waals surface area (Å²) < 4.78 is 0. The second-order valence-corrected chi connectivity index (χ2v) is 6.49. The smallest absolute Gasteiger partial charge is 0.303 e. The number of carbonyl (C=O) groups is 3. The van der Waals surface area contributed by atoms with Gasteiger partial charge in [0, 0.05) is 38.0 Å². The molecule has 1 N–H and O–H groups in total. The van der Waals surface area contributed by atoms with Crippen molar-refractivity contribution in [2.24, 2.45) is 17.8 Å². The molecule has 1 unspecified atom stereocenters. The average molecular weight is 296 g/mol. The van der Waals surface area contributed by atoms with E-state index in [2.05, 4.69) is 0 Å². The molecule has 0 bridgehead atoms. The summed E-state index contributed by atoms with van der Waals surface area (Å²) in [5.74, 6) is -0.685. The Bertz CT molecular complexity index is 429. The molecular formula is C15H24N2O4. The zero-order chi connectivity index (χ0) is 15.6. The highest BCUT2D eigenvalue weighted by Gasteiger charge is 2.37. The van der Waals surface area contributed by atoms with Gasteiger partial charge in [-0.3, -0.25) is 14.4 Å². The van der Waals surface area contributed by atoms with E-state index in [0.29, 0.717) is 19.6 Å². The summed E-state index contributed by atoms with van der Waals surface area (Å²) in [6.07, 6.45) is 1.81. The highest BCUT2D eigenvalue weighted by atomic mass is 16.4. The van der Waals surface area contributed by atoms with E-state index in [1.807, 2.05) is 13.8 Å². The number of carboxylic acid groups (broad SMARTS) is 1. The molecule has 1 atom stereocenters. The van der Waals surface area contributed by atoms with E-state index in [4.69, 9.17) is 5.11 Å². The fourth-order valence-corrected chi connectivity index (χ4v) is 3.13. The Morgan fingerprint density at radius 3 is 2.38 bits per heavy atom. The number of carboxylic acids is 1. The van der Waals surface area contributed by atoms with E-state index in [-0.39, 0.29) is 36.0 Å². The van der Waals surface area contributed by atoms with Crippen molar-refractivity contribution in [3.05, 3.63) is 0 Å². The summed E-state index contributed by atoms with van der Waals surface area (Å²) in [7, 11) is 0. The van der Waals surface area contributed by atoms with Crippen molar-refractivity contribution in [3.63, 3.8) is 0 Å². The molecule has 0 aromatic heterocycles. The van der Waals surface area contributed by atoms with Gasteiger partial charge in [-0.2, -0.15) is 0 Å². The fourth-order valence-electron chi connectivity index (χ4n) is 3.13. The summed E-state index contributed by atoms with van der Waals surface area (Å²) in [5, 5.41) is 8.72. The first-order chi connectivity index (χ1) is 9.88. The largest absolute Gasteiger partial charge is 0.481 e. The van der Waals surface area contributed by atoms with Gasteiger partial charge >= 0.3 is 5.97 Å². The summed E-state index contributed by atoms with van der Waals surface area (Å²) in [5.41, 5.74) is 0. The Morgan fingerprint density at radius 1 is 1.14 bits per heavy atom. The quantitative estimate of drug-likeness (QED) is 0.833. The number of aliphatic carboxylic acids is 1. The van der Waals surface area contributed by atoms with Crippen molar-refractivity contribution < 1.29 is 19.5 Å². The number of rotatable bonds is 4. The molecule has 6 heteroatoms. The first kappa shape index (κ1) is 15.8. The zero-order valence-electron chi connectivity index (χ0n) is 12.7. The maximum Gasteiger partial charge on any atom is 0.303 e. The third-order valence-corrected chi connectivity index (χ3v) is 4.31. The molecule has 2 saturated heterocycles. The fraction of sp³-hybridized carbons (Fsp3) is 0.800. The highest BCUT2D eigenvalue weighted by molar-refractivity contribution is 5.82. The van der Waals surface area contributed by atoms with Crippen LogP contribution in [0, 0.1) is 17.8 Å². The lowest BCUT2D eigenvalue weighted by Gasteiger charge is -2.42. The minimum atomic E-state index is -0.807. The van der Waals surface area contributed by atoms with Gasteiger partial charge in [-0.15, -0.1) is 0 Å². The molecule has 0 aromatic rings. The molecular weight excluding hydrogens is 272 g/mol. The number of amides is 2. The normalized spacial score (nSPS) is 23.1. The molecule has 0 aliphatic carbocycles. The van der Waals surface area contributed by atoms with Gasteiger partial charge in [0.25, 0.3) is 0 Å².